The van der Waals surface area contributed by atoms with Crippen LogP contribution in [0.25, 0.3) is 0 Å². The summed E-state index contributed by atoms with van der Waals surface area (Å²) >= 11 is 0. The molecule has 1 atom stereocenters. The van der Waals surface area contributed by atoms with Crippen molar-refractivity contribution in [2.75, 3.05) is 39.5 Å². The fourth-order valence-corrected chi connectivity index (χ4v) is 5.26. The molecule has 0 bridgehead atoms. The Balaban J connectivity index is 1.70. The number of aromatic nitrogens is 2. The van der Waals surface area contributed by atoms with Crippen LogP contribution in [0.4, 0.5) is 0 Å². The van der Waals surface area contributed by atoms with E-state index < -0.39 is 10.0 Å². The van der Waals surface area contributed by atoms with E-state index >= 15 is 0 Å². The van der Waals surface area contributed by atoms with E-state index in [1.54, 1.807) is 22.1 Å². The van der Waals surface area contributed by atoms with Gasteiger partial charge >= 0.3 is 0 Å². The summed E-state index contributed by atoms with van der Waals surface area (Å²) in [6.07, 6.45) is 5.80. The lowest BCUT2D eigenvalue weighted by atomic mass is 9.66. The molecule has 8 heteroatoms. The number of nitrogens with zero attached hydrogens (tertiary/aromatic N) is 3. The molecule has 0 N–H and O–H groups in total. The number of rotatable bonds is 5. The fourth-order valence-electron chi connectivity index (χ4n) is 3.85. The van der Waals surface area contributed by atoms with E-state index in [-0.39, 0.29) is 10.4 Å². The monoisotopic (exact) mass is 357 g/mol. The van der Waals surface area contributed by atoms with Crippen molar-refractivity contribution in [3.63, 3.8) is 0 Å². The second-order valence-electron chi connectivity index (χ2n) is 6.83. The molecule has 0 saturated carbocycles. The van der Waals surface area contributed by atoms with Gasteiger partial charge in [0.1, 0.15) is 0 Å². The number of piperidine rings is 1. The highest BCUT2D eigenvalue weighted by Crippen LogP contribution is 2.45. The van der Waals surface area contributed by atoms with Crippen LogP contribution < -0.4 is 0 Å². The third-order valence-electron chi connectivity index (χ3n) is 5.46. The van der Waals surface area contributed by atoms with Gasteiger partial charge in [0.05, 0.1) is 19.5 Å². The highest BCUT2D eigenvalue weighted by molar-refractivity contribution is 7.89. The van der Waals surface area contributed by atoms with Crippen LogP contribution in [0.15, 0.2) is 17.6 Å². The van der Waals surface area contributed by atoms with Crippen molar-refractivity contribution in [3.05, 3.63) is 12.5 Å². The molecule has 3 heterocycles. The molecule has 3 rings (SSSR count). The van der Waals surface area contributed by atoms with Crippen LogP contribution in [0.1, 0.15) is 26.2 Å². The average molecular weight is 357 g/mol. The molecule has 7 nitrogen and oxygen atoms in total. The molecule has 1 spiro atoms. The van der Waals surface area contributed by atoms with E-state index in [0.29, 0.717) is 38.8 Å². The fraction of sp³-hybridized carbons (Fsp3) is 0.812. The highest BCUT2D eigenvalue weighted by Gasteiger charge is 2.45. The number of ether oxygens (including phenoxy) is 2. The number of imidazole rings is 1. The predicted octanol–water partition coefficient (Wildman–Crippen LogP) is 1.26. The van der Waals surface area contributed by atoms with E-state index in [1.807, 2.05) is 6.92 Å². The Kier molecular flexibility index (Phi) is 5.29. The molecular weight excluding hydrogens is 330 g/mol. The van der Waals surface area contributed by atoms with Gasteiger partial charge in [-0.15, -0.1) is 0 Å². The largest absolute Gasteiger partial charge is 0.381 e. The second-order valence-corrected chi connectivity index (χ2v) is 8.71. The number of sulfonamides is 1. The van der Waals surface area contributed by atoms with Gasteiger partial charge in [0.15, 0.2) is 5.03 Å². The van der Waals surface area contributed by atoms with Gasteiger partial charge in [-0.1, -0.05) is 0 Å². The molecule has 24 heavy (non-hydrogen) atoms. The van der Waals surface area contributed by atoms with Crippen molar-refractivity contribution in [1.82, 2.24) is 13.9 Å². The highest BCUT2D eigenvalue weighted by atomic mass is 32.2. The topological polar surface area (TPSA) is 73.7 Å². The van der Waals surface area contributed by atoms with E-state index in [4.69, 9.17) is 9.47 Å². The third kappa shape index (κ3) is 3.37. The van der Waals surface area contributed by atoms with Gasteiger partial charge in [0.25, 0.3) is 10.0 Å². The number of hydrogen-bond donors (Lipinski definition) is 0. The Hall–Kier alpha value is -0.960. The van der Waals surface area contributed by atoms with Gasteiger partial charge in [0.2, 0.25) is 0 Å². The predicted molar refractivity (Wildman–Crippen MR) is 89.1 cm³/mol. The molecule has 2 fully saturated rings. The molecule has 0 unspecified atom stereocenters. The quantitative estimate of drug-likeness (QED) is 0.793. The normalized spacial score (nSPS) is 25.2. The molecule has 1 aromatic rings. The molecule has 0 aromatic carbocycles. The smallest absolute Gasteiger partial charge is 0.262 e. The molecule has 1 aromatic heterocycles. The molecule has 2 aliphatic rings. The third-order valence-corrected chi connectivity index (χ3v) is 7.24. The Morgan fingerprint density at radius 3 is 2.75 bits per heavy atom. The lowest BCUT2D eigenvalue weighted by molar-refractivity contribution is -0.0927. The molecule has 0 radical (unpaired) electrons. The first kappa shape index (κ1) is 17.8. The summed E-state index contributed by atoms with van der Waals surface area (Å²) in [5.74, 6) is 0.353. The molecular formula is C16H27N3O4S. The van der Waals surface area contributed by atoms with E-state index in [1.165, 1.54) is 6.33 Å². The Morgan fingerprint density at radius 2 is 2.12 bits per heavy atom. The van der Waals surface area contributed by atoms with E-state index in [2.05, 4.69) is 4.98 Å². The first-order valence-corrected chi connectivity index (χ1v) is 10.1. The van der Waals surface area contributed by atoms with Crippen LogP contribution >= 0.6 is 0 Å². The lowest BCUT2D eigenvalue weighted by Crippen LogP contribution is -2.50. The zero-order valence-electron chi connectivity index (χ0n) is 14.5. The van der Waals surface area contributed by atoms with Gasteiger partial charge in [-0.05, 0) is 31.6 Å². The zero-order valence-corrected chi connectivity index (χ0v) is 15.3. The van der Waals surface area contributed by atoms with Gasteiger partial charge in [-0.2, -0.15) is 4.31 Å². The van der Waals surface area contributed by atoms with Crippen molar-refractivity contribution < 1.29 is 17.9 Å². The van der Waals surface area contributed by atoms with Crippen molar-refractivity contribution in [3.8, 4) is 0 Å². The number of aryl methyl sites for hydroxylation is 1. The maximum Gasteiger partial charge on any atom is 0.262 e. The summed E-state index contributed by atoms with van der Waals surface area (Å²) in [5, 5.41) is 0.138. The van der Waals surface area contributed by atoms with Crippen LogP contribution in [-0.2, 0) is 26.5 Å². The van der Waals surface area contributed by atoms with E-state index in [9.17, 15) is 8.42 Å². The molecule has 2 aliphatic heterocycles. The summed E-state index contributed by atoms with van der Waals surface area (Å²) in [6, 6.07) is 0. The van der Waals surface area contributed by atoms with Crippen molar-refractivity contribution >= 4 is 10.0 Å². The summed E-state index contributed by atoms with van der Waals surface area (Å²) in [7, 11) is -1.72. The number of hydrogen-bond acceptors (Lipinski definition) is 5. The van der Waals surface area contributed by atoms with Gasteiger partial charge < -0.3 is 14.0 Å². The maximum atomic E-state index is 12.7. The van der Waals surface area contributed by atoms with Crippen LogP contribution in [0.3, 0.4) is 0 Å². The summed E-state index contributed by atoms with van der Waals surface area (Å²) in [6.45, 7) is 5.96. The lowest BCUT2D eigenvalue weighted by Gasteiger charge is -2.48. The van der Waals surface area contributed by atoms with Crippen LogP contribution in [0.5, 0.6) is 0 Å². The Morgan fingerprint density at radius 1 is 1.38 bits per heavy atom. The molecule has 0 aliphatic carbocycles. The summed E-state index contributed by atoms with van der Waals surface area (Å²) in [5.41, 5.74) is 0.142. The second kappa shape index (κ2) is 7.11. The van der Waals surface area contributed by atoms with Crippen molar-refractivity contribution in [2.45, 2.75) is 31.2 Å². The van der Waals surface area contributed by atoms with E-state index in [0.717, 1.165) is 25.9 Å². The average Bonchev–Trinajstić information content (AvgIpc) is 3.02. The Labute approximate surface area is 144 Å². The van der Waals surface area contributed by atoms with Crippen molar-refractivity contribution in [1.29, 1.82) is 0 Å². The van der Waals surface area contributed by atoms with Gasteiger partial charge in [0, 0.05) is 45.5 Å². The van der Waals surface area contributed by atoms with Crippen LogP contribution in [0, 0.1) is 11.3 Å². The first-order chi connectivity index (χ1) is 11.5. The molecule has 2 saturated heterocycles. The van der Waals surface area contributed by atoms with Gasteiger partial charge in [-0.3, -0.25) is 0 Å². The van der Waals surface area contributed by atoms with Crippen LogP contribution in [0.2, 0.25) is 0 Å². The zero-order chi connectivity index (χ0) is 17.2. The molecule has 136 valence electrons. The first-order valence-electron chi connectivity index (χ1n) is 8.61. The summed E-state index contributed by atoms with van der Waals surface area (Å²) in [4.78, 5) is 4.02. The minimum Gasteiger partial charge on any atom is -0.381 e. The van der Waals surface area contributed by atoms with Crippen molar-refractivity contribution in [2.24, 2.45) is 18.4 Å². The summed E-state index contributed by atoms with van der Waals surface area (Å²) < 4.78 is 40.0. The minimum absolute atomic E-state index is 0.138. The molecule has 0 amide bonds. The minimum atomic E-state index is -3.49. The standard InChI is InChI=1S/C16H27N3O4S/c1-3-22-11-14-12-23-9-6-16(14)4-7-19(8-5-16)24(20,21)15-10-18(2)13-17-15/h10,13-14H,3-9,11-12H2,1-2H3/t14-/m0/s1. The van der Waals surface area contributed by atoms with Gasteiger partial charge in [-0.25, -0.2) is 13.4 Å². The maximum absolute atomic E-state index is 12.7. The van der Waals surface area contributed by atoms with Crippen LogP contribution in [-0.4, -0.2) is 61.8 Å². The SMILES string of the molecule is CCOC[C@H]1COCCC12CCN(S(=O)(=O)c1cn(C)cn1)CC2. The Bertz CT molecular complexity index is 650.